The molecule has 1 atom stereocenters. The molecule has 0 spiro atoms. The Hall–Kier alpha value is -2.24. The summed E-state index contributed by atoms with van der Waals surface area (Å²) in [6, 6.07) is 7.64. The highest BCUT2D eigenvalue weighted by Gasteiger charge is 2.31. The van der Waals surface area contributed by atoms with Crippen molar-refractivity contribution >= 4 is 33.2 Å². The van der Waals surface area contributed by atoms with E-state index < -0.39 is 27.9 Å². The number of carbonyl (C=O) groups excluding carboxylic acids is 1. The van der Waals surface area contributed by atoms with Gasteiger partial charge in [-0.25, -0.2) is 12.8 Å². The number of aliphatic hydroxyl groups excluding tert-OH is 1. The normalized spacial score (nSPS) is 17.9. The van der Waals surface area contributed by atoms with Gasteiger partial charge in [0.1, 0.15) is 16.5 Å². The van der Waals surface area contributed by atoms with Crippen LogP contribution >= 0.6 is 11.6 Å². The second-order valence-corrected chi connectivity index (χ2v) is 8.85. The van der Waals surface area contributed by atoms with Crippen molar-refractivity contribution in [3.8, 4) is 5.75 Å². The Balaban J connectivity index is 1.92. The summed E-state index contributed by atoms with van der Waals surface area (Å²) < 4.78 is 51.1. The molecule has 3 rings (SSSR count). The second kappa shape index (κ2) is 9.27. The van der Waals surface area contributed by atoms with Gasteiger partial charge in [-0.05, 0) is 36.4 Å². The Morgan fingerprint density at radius 2 is 2.10 bits per heavy atom. The van der Waals surface area contributed by atoms with Gasteiger partial charge >= 0.3 is 0 Å². The average molecular weight is 459 g/mol. The lowest BCUT2D eigenvalue weighted by molar-refractivity contribution is 0.0583. The first-order valence-corrected chi connectivity index (χ1v) is 10.7. The first-order valence-electron chi connectivity index (χ1n) is 8.93. The first kappa shape index (κ1) is 22.4. The molecule has 2 N–H and O–H groups in total. The second-order valence-electron chi connectivity index (χ2n) is 6.54. The third kappa shape index (κ3) is 4.90. The molecular weight excluding hydrogens is 439 g/mol. The fourth-order valence-corrected chi connectivity index (χ4v) is 4.74. The van der Waals surface area contributed by atoms with Crippen molar-refractivity contribution < 1.29 is 32.2 Å². The smallest absolute Gasteiger partial charge is 0.255 e. The Morgan fingerprint density at radius 3 is 2.80 bits per heavy atom. The number of methoxy groups -OCH3 is 1. The molecule has 0 bridgehead atoms. The molecule has 0 saturated carbocycles. The Labute approximate surface area is 178 Å². The Kier molecular flexibility index (Phi) is 6.94. The molecule has 30 heavy (non-hydrogen) atoms. The van der Waals surface area contributed by atoms with Crippen LogP contribution in [0.15, 0.2) is 41.3 Å². The van der Waals surface area contributed by atoms with Crippen LogP contribution in [-0.4, -0.2) is 63.3 Å². The zero-order valence-corrected chi connectivity index (χ0v) is 17.5. The van der Waals surface area contributed by atoms with Crippen LogP contribution < -0.4 is 10.1 Å². The number of anilines is 1. The zero-order chi connectivity index (χ0) is 21.9. The van der Waals surface area contributed by atoms with E-state index in [9.17, 15) is 22.7 Å². The summed E-state index contributed by atoms with van der Waals surface area (Å²) in [6.45, 7) is 0.0684. The van der Waals surface area contributed by atoms with Gasteiger partial charge in [0.15, 0.2) is 0 Å². The van der Waals surface area contributed by atoms with Crippen LogP contribution in [0, 0.1) is 5.82 Å². The number of hydrogen-bond acceptors (Lipinski definition) is 6. The summed E-state index contributed by atoms with van der Waals surface area (Å²) in [5.41, 5.74) is 0.292. The van der Waals surface area contributed by atoms with Crippen molar-refractivity contribution in [3.63, 3.8) is 0 Å². The predicted octanol–water partition coefficient (Wildman–Crippen LogP) is 2.12. The van der Waals surface area contributed by atoms with Gasteiger partial charge in [0.25, 0.3) is 5.91 Å². The molecule has 1 unspecified atom stereocenters. The number of halogens is 2. The molecule has 1 saturated heterocycles. The molecule has 2 aromatic carbocycles. The minimum atomic E-state index is -4.08. The largest absolute Gasteiger partial charge is 0.495 e. The number of β-amino-alcohol motifs (C(OH)–C–C–N with tert-alkyl or cyclic N) is 1. The topological polar surface area (TPSA) is 105 Å². The number of amides is 1. The molecule has 1 aliphatic heterocycles. The molecule has 1 aliphatic rings. The van der Waals surface area contributed by atoms with Crippen LogP contribution in [-0.2, 0) is 14.8 Å². The van der Waals surface area contributed by atoms with E-state index in [1.54, 1.807) is 0 Å². The molecule has 8 nitrogen and oxygen atoms in total. The van der Waals surface area contributed by atoms with Crippen molar-refractivity contribution in [1.29, 1.82) is 0 Å². The molecule has 1 heterocycles. The van der Waals surface area contributed by atoms with E-state index in [2.05, 4.69) is 5.32 Å². The number of hydrogen-bond donors (Lipinski definition) is 2. The highest BCUT2D eigenvalue weighted by Crippen LogP contribution is 2.29. The van der Waals surface area contributed by atoms with E-state index in [0.29, 0.717) is 0 Å². The maximum atomic E-state index is 13.3. The first-order chi connectivity index (χ1) is 14.2. The van der Waals surface area contributed by atoms with Gasteiger partial charge < -0.3 is 19.9 Å². The number of aliphatic hydroxyl groups is 1. The van der Waals surface area contributed by atoms with Gasteiger partial charge in [-0.3, -0.25) is 4.79 Å². The predicted molar refractivity (Wildman–Crippen MR) is 108 cm³/mol. The van der Waals surface area contributed by atoms with Crippen LogP contribution in [0.2, 0.25) is 5.02 Å². The minimum Gasteiger partial charge on any atom is -0.495 e. The number of rotatable bonds is 5. The molecule has 162 valence electrons. The lowest BCUT2D eigenvalue weighted by Gasteiger charge is -2.22. The minimum absolute atomic E-state index is 0.0336. The number of nitrogens with one attached hydrogen (secondary N) is 1. The van der Waals surface area contributed by atoms with Crippen LogP contribution in [0.4, 0.5) is 10.1 Å². The number of nitrogens with zero attached hydrogens (tertiary/aromatic N) is 1. The molecule has 1 amide bonds. The van der Waals surface area contributed by atoms with Gasteiger partial charge in [-0.1, -0.05) is 11.6 Å². The Morgan fingerprint density at radius 1 is 1.33 bits per heavy atom. The van der Waals surface area contributed by atoms with Gasteiger partial charge in [0.2, 0.25) is 10.0 Å². The molecule has 11 heteroatoms. The molecular formula is C19H20ClFN2O6S. The van der Waals surface area contributed by atoms with Crippen LogP contribution in [0.25, 0.3) is 0 Å². The number of ether oxygens (including phenoxy) is 2. The lowest BCUT2D eigenvalue weighted by atomic mass is 10.2. The number of carbonyl (C=O) groups is 1. The van der Waals surface area contributed by atoms with E-state index in [1.165, 1.54) is 37.4 Å². The lowest BCUT2D eigenvalue weighted by Crippen LogP contribution is -2.38. The average Bonchev–Trinajstić information content (AvgIpc) is 2.95. The summed E-state index contributed by atoms with van der Waals surface area (Å²) in [7, 11) is -2.77. The Bertz CT molecular complexity index is 1050. The molecule has 1 fully saturated rings. The van der Waals surface area contributed by atoms with E-state index in [0.717, 1.165) is 10.4 Å². The highest BCUT2D eigenvalue weighted by atomic mass is 35.5. The van der Waals surface area contributed by atoms with E-state index in [-0.39, 0.29) is 53.2 Å². The number of benzene rings is 2. The van der Waals surface area contributed by atoms with Crippen molar-refractivity contribution in [2.24, 2.45) is 0 Å². The van der Waals surface area contributed by atoms with Crippen LogP contribution in [0.5, 0.6) is 5.75 Å². The quantitative estimate of drug-likeness (QED) is 0.711. The van der Waals surface area contributed by atoms with Crippen LogP contribution in [0.3, 0.4) is 0 Å². The molecule has 0 aliphatic carbocycles. The van der Waals surface area contributed by atoms with Gasteiger partial charge in [-0.15, -0.1) is 0 Å². The van der Waals surface area contributed by atoms with Crippen molar-refractivity contribution in [3.05, 3.63) is 52.8 Å². The van der Waals surface area contributed by atoms with E-state index >= 15 is 0 Å². The third-order valence-corrected chi connectivity index (χ3v) is 6.61. The highest BCUT2D eigenvalue weighted by molar-refractivity contribution is 7.89. The fourth-order valence-electron chi connectivity index (χ4n) is 2.92. The van der Waals surface area contributed by atoms with Crippen molar-refractivity contribution in [1.82, 2.24) is 4.31 Å². The van der Waals surface area contributed by atoms with Crippen molar-refractivity contribution in [2.75, 3.05) is 38.7 Å². The monoisotopic (exact) mass is 458 g/mol. The van der Waals surface area contributed by atoms with Crippen molar-refractivity contribution in [2.45, 2.75) is 11.0 Å². The van der Waals surface area contributed by atoms with E-state index in [1.807, 2.05) is 0 Å². The summed E-state index contributed by atoms with van der Waals surface area (Å²) in [5.74, 6) is -1.19. The maximum Gasteiger partial charge on any atom is 0.255 e. The summed E-state index contributed by atoms with van der Waals surface area (Å²) in [5, 5.41) is 12.3. The van der Waals surface area contributed by atoms with Gasteiger partial charge in [0, 0.05) is 24.3 Å². The standard InChI is InChI=1S/C19H20ClFN2O6S/c1-28-17-5-2-12(19(25)22-13-3-4-16(21)15(20)9-13)8-18(17)30(26,27)23-6-7-29-11-14(24)10-23/h2-5,8-9,14,24H,6-7,10-11H2,1H3,(H,22,25). The summed E-state index contributed by atoms with van der Waals surface area (Å²) >= 11 is 5.72. The molecule has 0 radical (unpaired) electrons. The van der Waals surface area contributed by atoms with Gasteiger partial charge in [0.05, 0.1) is 31.5 Å². The summed E-state index contributed by atoms with van der Waals surface area (Å²) in [6.07, 6.45) is -0.969. The molecule has 2 aromatic rings. The van der Waals surface area contributed by atoms with Gasteiger partial charge in [-0.2, -0.15) is 4.31 Å². The fraction of sp³-hybridized carbons (Fsp3) is 0.316. The third-order valence-electron chi connectivity index (χ3n) is 4.43. The zero-order valence-electron chi connectivity index (χ0n) is 16.0. The number of sulfonamides is 1. The SMILES string of the molecule is COc1ccc(C(=O)Nc2ccc(F)c(Cl)c2)cc1S(=O)(=O)N1CCOCC(O)C1. The summed E-state index contributed by atoms with van der Waals surface area (Å²) in [4.78, 5) is 12.4. The molecule has 0 aromatic heterocycles. The van der Waals surface area contributed by atoms with Crippen LogP contribution in [0.1, 0.15) is 10.4 Å². The van der Waals surface area contributed by atoms with E-state index in [4.69, 9.17) is 21.1 Å². The maximum absolute atomic E-state index is 13.3.